The number of nitrogens with one attached hydrogen (secondary N) is 1. The topological polar surface area (TPSA) is 68.1 Å². The third-order valence-corrected chi connectivity index (χ3v) is 5.67. The van der Waals surface area contributed by atoms with Crippen molar-refractivity contribution in [1.29, 1.82) is 0 Å². The fourth-order valence-electron chi connectivity index (χ4n) is 3.78. The van der Waals surface area contributed by atoms with E-state index in [1.54, 1.807) is 4.68 Å². The van der Waals surface area contributed by atoms with Crippen LogP contribution < -0.4 is 10.2 Å². The third-order valence-electron chi connectivity index (χ3n) is 5.67. The molecule has 0 unspecified atom stereocenters. The number of nitrogens with zero attached hydrogens (tertiary/aromatic N) is 5. The molecule has 7 nitrogen and oxygen atoms in total. The summed E-state index contributed by atoms with van der Waals surface area (Å²) in [5, 5.41) is 8.03. The molecule has 1 aliphatic heterocycles. The average molecular weight is 421 g/mol. The van der Waals surface area contributed by atoms with Gasteiger partial charge in [-0.05, 0) is 18.9 Å². The zero-order valence-corrected chi connectivity index (χ0v) is 17.9. The lowest BCUT2D eigenvalue weighted by molar-refractivity contribution is -0.0361. The van der Waals surface area contributed by atoms with Gasteiger partial charge in [0.1, 0.15) is 11.6 Å². The Labute approximate surface area is 175 Å². The number of alkyl halides is 2. The van der Waals surface area contributed by atoms with E-state index >= 15 is 0 Å². The van der Waals surface area contributed by atoms with Gasteiger partial charge in [-0.2, -0.15) is 15.1 Å². The Bertz CT molecular complexity index is 863. The molecule has 2 aromatic rings. The summed E-state index contributed by atoms with van der Waals surface area (Å²) in [6, 6.07) is 3.85. The van der Waals surface area contributed by atoms with Crippen LogP contribution in [-0.2, 0) is 10.2 Å². The van der Waals surface area contributed by atoms with Crippen molar-refractivity contribution >= 4 is 11.6 Å². The fraction of sp³-hybridized carbons (Fsp3) is 0.667. The Kier molecular flexibility index (Phi) is 5.65. The summed E-state index contributed by atoms with van der Waals surface area (Å²) in [4.78, 5) is 11.6. The lowest BCUT2D eigenvalue weighted by atomic mass is 9.92. The van der Waals surface area contributed by atoms with Crippen LogP contribution >= 0.6 is 0 Å². The van der Waals surface area contributed by atoms with Crippen LogP contribution in [0.1, 0.15) is 52.1 Å². The van der Waals surface area contributed by atoms with Gasteiger partial charge in [-0.15, -0.1) is 0 Å². The molecule has 0 amide bonds. The molecule has 4 rings (SSSR count). The molecule has 9 heteroatoms. The smallest absolute Gasteiger partial charge is 0.254 e. The standard InChI is InChI=1S/C21H30F2N6O/c1-20(2,3)16-6-9-29(27-16)19-25-17(24-15-4-7-21(22,23)8-5-15)14-18(26-19)28-10-12-30-13-11-28/h6,9,14-15H,4-5,7-8,10-13H2,1-3H3,(H,24,25,26). The van der Waals surface area contributed by atoms with E-state index < -0.39 is 5.92 Å². The van der Waals surface area contributed by atoms with E-state index in [4.69, 9.17) is 9.72 Å². The van der Waals surface area contributed by atoms with E-state index in [1.807, 2.05) is 18.3 Å². The Morgan fingerprint density at radius 2 is 1.83 bits per heavy atom. The molecule has 0 radical (unpaired) electrons. The van der Waals surface area contributed by atoms with Crippen LogP contribution in [0.3, 0.4) is 0 Å². The summed E-state index contributed by atoms with van der Waals surface area (Å²) in [6.07, 6.45) is 2.54. The van der Waals surface area contributed by atoms with Gasteiger partial charge in [0.25, 0.3) is 5.95 Å². The van der Waals surface area contributed by atoms with Crippen LogP contribution in [-0.4, -0.2) is 58.0 Å². The van der Waals surface area contributed by atoms with Gasteiger partial charge in [0.2, 0.25) is 5.92 Å². The monoisotopic (exact) mass is 420 g/mol. The summed E-state index contributed by atoms with van der Waals surface area (Å²) < 4.78 is 34.2. The van der Waals surface area contributed by atoms with E-state index in [2.05, 4.69) is 41.1 Å². The minimum absolute atomic E-state index is 0.0207. The maximum absolute atomic E-state index is 13.5. The van der Waals surface area contributed by atoms with Crippen LogP contribution in [0.5, 0.6) is 0 Å². The highest BCUT2D eigenvalue weighted by molar-refractivity contribution is 5.52. The normalized spacial score (nSPS) is 20.4. The van der Waals surface area contributed by atoms with E-state index in [0.717, 1.165) is 24.6 Å². The first-order chi connectivity index (χ1) is 14.2. The summed E-state index contributed by atoms with van der Waals surface area (Å²) in [6.45, 7) is 9.12. The molecule has 0 atom stereocenters. The number of morpholine rings is 1. The Morgan fingerprint density at radius 3 is 2.47 bits per heavy atom. The van der Waals surface area contributed by atoms with Gasteiger partial charge in [0.15, 0.2) is 0 Å². The SMILES string of the molecule is CC(C)(C)c1ccn(-c2nc(NC3CCC(F)(F)CC3)cc(N3CCOCC3)n2)n1. The maximum Gasteiger partial charge on any atom is 0.254 e. The first kappa shape index (κ1) is 21.0. The van der Waals surface area contributed by atoms with Crippen LogP contribution in [0.25, 0.3) is 5.95 Å². The number of anilines is 2. The Morgan fingerprint density at radius 1 is 1.13 bits per heavy atom. The predicted octanol–water partition coefficient (Wildman–Crippen LogP) is 3.79. The zero-order chi connectivity index (χ0) is 21.4. The summed E-state index contributed by atoms with van der Waals surface area (Å²) in [5.74, 6) is -0.644. The second-order valence-electron chi connectivity index (χ2n) is 9.18. The van der Waals surface area contributed by atoms with Crippen molar-refractivity contribution in [2.45, 2.75) is 63.8 Å². The predicted molar refractivity (Wildman–Crippen MR) is 112 cm³/mol. The average Bonchev–Trinajstić information content (AvgIpc) is 3.21. The molecule has 1 saturated heterocycles. The molecule has 1 aliphatic carbocycles. The van der Waals surface area contributed by atoms with Crippen molar-refractivity contribution in [3.8, 4) is 5.95 Å². The first-order valence-corrected chi connectivity index (χ1v) is 10.6. The second kappa shape index (κ2) is 8.09. The second-order valence-corrected chi connectivity index (χ2v) is 9.18. The largest absolute Gasteiger partial charge is 0.378 e. The molecule has 1 saturated carbocycles. The number of halogens is 2. The van der Waals surface area contributed by atoms with Gasteiger partial charge < -0.3 is 15.0 Å². The fourth-order valence-corrected chi connectivity index (χ4v) is 3.78. The molecule has 0 bridgehead atoms. The van der Waals surface area contributed by atoms with Crippen molar-refractivity contribution in [2.24, 2.45) is 0 Å². The lowest BCUT2D eigenvalue weighted by Gasteiger charge is -2.30. The summed E-state index contributed by atoms with van der Waals surface area (Å²) in [5.41, 5.74) is 0.869. The van der Waals surface area contributed by atoms with Gasteiger partial charge in [0, 0.05) is 49.7 Å². The molecular formula is C21H30F2N6O. The van der Waals surface area contributed by atoms with Gasteiger partial charge in [0.05, 0.1) is 18.9 Å². The minimum Gasteiger partial charge on any atom is -0.378 e. The highest BCUT2D eigenvalue weighted by Crippen LogP contribution is 2.34. The van der Waals surface area contributed by atoms with Crippen LogP contribution in [0.15, 0.2) is 18.3 Å². The maximum atomic E-state index is 13.5. The van der Waals surface area contributed by atoms with E-state index in [1.165, 1.54) is 0 Å². The van der Waals surface area contributed by atoms with Crippen molar-refractivity contribution < 1.29 is 13.5 Å². The number of hydrogen-bond donors (Lipinski definition) is 1. The highest BCUT2D eigenvalue weighted by Gasteiger charge is 2.35. The molecule has 2 fully saturated rings. The van der Waals surface area contributed by atoms with Crippen molar-refractivity contribution in [3.63, 3.8) is 0 Å². The number of rotatable bonds is 4. The molecule has 164 valence electrons. The van der Waals surface area contributed by atoms with Crippen LogP contribution in [0.4, 0.5) is 20.4 Å². The third kappa shape index (κ3) is 4.88. The molecule has 1 N–H and O–H groups in total. The molecule has 0 aromatic carbocycles. The first-order valence-electron chi connectivity index (χ1n) is 10.6. The van der Waals surface area contributed by atoms with E-state index in [9.17, 15) is 8.78 Å². The van der Waals surface area contributed by atoms with Crippen molar-refractivity contribution in [1.82, 2.24) is 19.7 Å². The molecule has 3 heterocycles. The van der Waals surface area contributed by atoms with E-state index in [-0.39, 0.29) is 24.3 Å². The van der Waals surface area contributed by atoms with E-state index in [0.29, 0.717) is 37.8 Å². The van der Waals surface area contributed by atoms with Crippen LogP contribution in [0, 0.1) is 0 Å². The highest BCUT2D eigenvalue weighted by atomic mass is 19.3. The number of ether oxygens (including phenoxy) is 1. The lowest BCUT2D eigenvalue weighted by Crippen LogP contribution is -2.37. The van der Waals surface area contributed by atoms with Gasteiger partial charge in [-0.3, -0.25) is 0 Å². The molecule has 2 aromatic heterocycles. The molecule has 30 heavy (non-hydrogen) atoms. The summed E-state index contributed by atoms with van der Waals surface area (Å²) >= 11 is 0. The molecule has 0 spiro atoms. The molecule has 2 aliphatic rings. The quantitative estimate of drug-likeness (QED) is 0.812. The Balaban J connectivity index is 1.62. The Hall–Kier alpha value is -2.29. The number of aromatic nitrogens is 4. The zero-order valence-electron chi connectivity index (χ0n) is 17.9. The van der Waals surface area contributed by atoms with Crippen LogP contribution in [0.2, 0.25) is 0 Å². The van der Waals surface area contributed by atoms with Crippen molar-refractivity contribution in [2.75, 3.05) is 36.5 Å². The van der Waals surface area contributed by atoms with Gasteiger partial charge >= 0.3 is 0 Å². The number of hydrogen-bond acceptors (Lipinski definition) is 6. The molecular weight excluding hydrogens is 390 g/mol. The summed E-state index contributed by atoms with van der Waals surface area (Å²) in [7, 11) is 0. The van der Waals surface area contributed by atoms with Crippen molar-refractivity contribution in [3.05, 3.63) is 24.0 Å². The van der Waals surface area contributed by atoms with Gasteiger partial charge in [-0.1, -0.05) is 20.8 Å². The minimum atomic E-state index is -2.55. The van der Waals surface area contributed by atoms with Gasteiger partial charge in [-0.25, -0.2) is 13.5 Å².